The predicted octanol–water partition coefficient (Wildman–Crippen LogP) is 3.02. The van der Waals surface area contributed by atoms with Crippen molar-refractivity contribution in [2.75, 3.05) is 0 Å². The number of nitrogens with one attached hydrogen (secondary N) is 2. The standard InChI is InChI=1S/C21H23FN2O4/c1-13-4-5-16(12-14(13)2)19(25)10-11-20(26)23-24-21(27)15(3)28-18-8-6-17(22)7-9-18/h4-9,12,15H,10-11H2,1-3H3,(H,23,26)(H,24,27)/t15-/m0/s1. The number of aryl methyl sites for hydroxylation is 2. The highest BCUT2D eigenvalue weighted by Crippen LogP contribution is 2.13. The van der Waals surface area contributed by atoms with Crippen molar-refractivity contribution in [3.8, 4) is 5.75 Å². The topological polar surface area (TPSA) is 84.5 Å². The van der Waals surface area contributed by atoms with Crippen LogP contribution in [0.1, 0.15) is 41.3 Å². The summed E-state index contributed by atoms with van der Waals surface area (Å²) in [6.45, 7) is 5.37. The van der Waals surface area contributed by atoms with Gasteiger partial charge in [0.05, 0.1) is 0 Å². The van der Waals surface area contributed by atoms with Crippen LogP contribution in [0.15, 0.2) is 42.5 Å². The fraction of sp³-hybridized carbons (Fsp3) is 0.286. The first-order valence-corrected chi connectivity index (χ1v) is 8.87. The maximum Gasteiger partial charge on any atom is 0.279 e. The van der Waals surface area contributed by atoms with E-state index in [9.17, 15) is 18.8 Å². The number of hydrogen-bond acceptors (Lipinski definition) is 4. The van der Waals surface area contributed by atoms with Gasteiger partial charge in [-0.3, -0.25) is 25.2 Å². The van der Waals surface area contributed by atoms with Gasteiger partial charge in [0.25, 0.3) is 5.91 Å². The van der Waals surface area contributed by atoms with Gasteiger partial charge in [0.1, 0.15) is 11.6 Å². The lowest BCUT2D eigenvalue weighted by atomic mass is 10.0. The third kappa shape index (κ3) is 6.19. The van der Waals surface area contributed by atoms with Crippen LogP contribution in [-0.4, -0.2) is 23.7 Å². The van der Waals surface area contributed by atoms with Crippen LogP contribution in [0.25, 0.3) is 0 Å². The molecule has 2 aromatic rings. The van der Waals surface area contributed by atoms with E-state index in [-0.39, 0.29) is 18.6 Å². The molecule has 0 aromatic heterocycles. The normalized spacial score (nSPS) is 11.4. The average Bonchev–Trinajstić information content (AvgIpc) is 2.67. The zero-order chi connectivity index (χ0) is 20.7. The first-order valence-electron chi connectivity index (χ1n) is 8.87. The molecule has 0 aliphatic rings. The number of ketones is 1. The van der Waals surface area contributed by atoms with E-state index in [1.807, 2.05) is 19.9 Å². The molecule has 0 bridgehead atoms. The Bertz CT molecular complexity index is 865. The monoisotopic (exact) mass is 386 g/mol. The fourth-order valence-corrected chi connectivity index (χ4v) is 2.35. The van der Waals surface area contributed by atoms with E-state index < -0.39 is 23.7 Å². The van der Waals surface area contributed by atoms with Crippen LogP contribution in [0.2, 0.25) is 0 Å². The molecule has 0 aliphatic heterocycles. The molecule has 0 aliphatic carbocycles. The first-order chi connectivity index (χ1) is 13.3. The number of carbonyl (C=O) groups is 3. The number of amides is 2. The van der Waals surface area contributed by atoms with Gasteiger partial charge in [-0.1, -0.05) is 12.1 Å². The molecule has 0 saturated carbocycles. The third-order valence-corrected chi connectivity index (χ3v) is 4.23. The van der Waals surface area contributed by atoms with E-state index in [0.717, 1.165) is 11.1 Å². The zero-order valence-corrected chi connectivity index (χ0v) is 16.0. The number of hydrazine groups is 1. The van der Waals surface area contributed by atoms with Crippen molar-refractivity contribution in [3.05, 3.63) is 65.0 Å². The van der Waals surface area contributed by atoms with Gasteiger partial charge in [-0.2, -0.15) is 0 Å². The highest BCUT2D eigenvalue weighted by atomic mass is 19.1. The minimum atomic E-state index is -0.900. The van der Waals surface area contributed by atoms with Gasteiger partial charge < -0.3 is 4.74 Å². The average molecular weight is 386 g/mol. The predicted molar refractivity (Wildman–Crippen MR) is 102 cm³/mol. The number of hydrogen-bond donors (Lipinski definition) is 2. The van der Waals surface area contributed by atoms with E-state index in [2.05, 4.69) is 10.9 Å². The summed E-state index contributed by atoms with van der Waals surface area (Å²) in [6, 6.07) is 10.6. The fourth-order valence-electron chi connectivity index (χ4n) is 2.35. The molecule has 0 fully saturated rings. The van der Waals surface area contributed by atoms with Gasteiger partial charge in [-0.25, -0.2) is 4.39 Å². The summed E-state index contributed by atoms with van der Waals surface area (Å²) in [5.41, 5.74) is 7.16. The van der Waals surface area contributed by atoms with Crippen molar-refractivity contribution < 1.29 is 23.5 Å². The van der Waals surface area contributed by atoms with Crippen molar-refractivity contribution in [2.24, 2.45) is 0 Å². The summed E-state index contributed by atoms with van der Waals surface area (Å²) in [5, 5.41) is 0. The zero-order valence-electron chi connectivity index (χ0n) is 16.0. The van der Waals surface area contributed by atoms with Crippen molar-refractivity contribution in [2.45, 2.75) is 39.7 Å². The maximum atomic E-state index is 12.9. The molecule has 2 aromatic carbocycles. The summed E-state index contributed by atoms with van der Waals surface area (Å²) < 4.78 is 18.2. The maximum absolute atomic E-state index is 12.9. The molecule has 0 unspecified atom stereocenters. The number of halogens is 1. The second kappa shape index (κ2) is 9.64. The van der Waals surface area contributed by atoms with Gasteiger partial charge in [-0.15, -0.1) is 0 Å². The third-order valence-electron chi connectivity index (χ3n) is 4.23. The van der Waals surface area contributed by atoms with Crippen molar-refractivity contribution >= 4 is 17.6 Å². The molecule has 2 N–H and O–H groups in total. The van der Waals surface area contributed by atoms with Gasteiger partial charge >= 0.3 is 0 Å². The van der Waals surface area contributed by atoms with Crippen LogP contribution in [0.4, 0.5) is 4.39 Å². The molecule has 1 atom stereocenters. The number of benzene rings is 2. The van der Waals surface area contributed by atoms with Crippen LogP contribution in [0.5, 0.6) is 5.75 Å². The van der Waals surface area contributed by atoms with E-state index in [0.29, 0.717) is 11.3 Å². The summed E-state index contributed by atoms with van der Waals surface area (Å²) in [4.78, 5) is 36.0. The smallest absolute Gasteiger partial charge is 0.279 e. The Hall–Kier alpha value is -3.22. The second-order valence-corrected chi connectivity index (χ2v) is 6.47. The molecule has 2 amide bonds. The number of rotatable bonds is 7. The van der Waals surface area contributed by atoms with Gasteiger partial charge in [0.15, 0.2) is 11.9 Å². The highest BCUT2D eigenvalue weighted by Gasteiger charge is 2.16. The van der Waals surface area contributed by atoms with Crippen molar-refractivity contribution in [3.63, 3.8) is 0 Å². The number of ether oxygens (including phenoxy) is 1. The molecule has 0 saturated heterocycles. The quantitative estimate of drug-likeness (QED) is 0.566. The van der Waals surface area contributed by atoms with Crippen molar-refractivity contribution in [1.29, 1.82) is 0 Å². The summed E-state index contributed by atoms with van der Waals surface area (Å²) in [6.07, 6.45) is -0.923. The Balaban J connectivity index is 1.75. The molecule has 0 radical (unpaired) electrons. The SMILES string of the molecule is Cc1ccc(C(=O)CCC(=O)NNC(=O)[C@H](C)Oc2ccc(F)cc2)cc1C. The Morgan fingerprint density at radius 2 is 1.64 bits per heavy atom. The summed E-state index contributed by atoms with van der Waals surface area (Å²) in [5.74, 6) is -1.28. The van der Waals surface area contributed by atoms with Crippen LogP contribution in [0, 0.1) is 19.7 Å². The second-order valence-electron chi connectivity index (χ2n) is 6.47. The molecule has 148 valence electrons. The Morgan fingerprint density at radius 1 is 0.964 bits per heavy atom. The molecule has 7 heteroatoms. The summed E-state index contributed by atoms with van der Waals surface area (Å²) in [7, 11) is 0. The first kappa shape index (κ1) is 21.1. The van der Waals surface area contributed by atoms with Crippen LogP contribution in [0.3, 0.4) is 0 Å². The largest absolute Gasteiger partial charge is 0.481 e. The molecule has 0 spiro atoms. The molecule has 2 rings (SSSR count). The minimum absolute atomic E-state index is 0.0336. The lowest BCUT2D eigenvalue weighted by Gasteiger charge is -2.15. The number of carbonyl (C=O) groups excluding carboxylic acids is 3. The van der Waals surface area contributed by atoms with Crippen LogP contribution in [-0.2, 0) is 9.59 Å². The van der Waals surface area contributed by atoms with Crippen molar-refractivity contribution in [1.82, 2.24) is 10.9 Å². The Labute approximate surface area is 163 Å². The van der Waals surface area contributed by atoms with Crippen LogP contribution >= 0.6 is 0 Å². The van der Waals surface area contributed by atoms with Gasteiger partial charge in [0.2, 0.25) is 5.91 Å². The van der Waals surface area contributed by atoms with Gasteiger partial charge in [0, 0.05) is 18.4 Å². The molecular weight excluding hydrogens is 363 g/mol. The number of Topliss-reactive ketones (excluding diaryl/α,β-unsaturated/α-hetero) is 1. The highest BCUT2D eigenvalue weighted by molar-refractivity contribution is 5.98. The molecule has 6 nitrogen and oxygen atoms in total. The molecular formula is C21H23FN2O4. The van der Waals surface area contributed by atoms with E-state index in [1.54, 1.807) is 12.1 Å². The Morgan fingerprint density at radius 3 is 2.29 bits per heavy atom. The molecule has 28 heavy (non-hydrogen) atoms. The summed E-state index contributed by atoms with van der Waals surface area (Å²) >= 11 is 0. The van der Waals surface area contributed by atoms with E-state index in [4.69, 9.17) is 4.74 Å². The minimum Gasteiger partial charge on any atom is -0.481 e. The van der Waals surface area contributed by atoms with Crippen LogP contribution < -0.4 is 15.6 Å². The van der Waals surface area contributed by atoms with E-state index >= 15 is 0 Å². The molecule has 0 heterocycles. The lowest BCUT2D eigenvalue weighted by molar-refractivity contribution is -0.132. The van der Waals surface area contributed by atoms with Gasteiger partial charge in [-0.05, 0) is 62.2 Å². The van der Waals surface area contributed by atoms with E-state index in [1.165, 1.54) is 31.2 Å². The lowest BCUT2D eigenvalue weighted by Crippen LogP contribution is -2.47. The Kier molecular flexibility index (Phi) is 7.26.